The lowest BCUT2D eigenvalue weighted by molar-refractivity contribution is -0.148. The van der Waals surface area contributed by atoms with Crippen LogP contribution in [0.3, 0.4) is 0 Å². The van der Waals surface area contributed by atoms with Crippen LogP contribution in [0.5, 0.6) is 0 Å². The van der Waals surface area contributed by atoms with Crippen molar-refractivity contribution in [2.45, 2.75) is 51.4 Å². The van der Waals surface area contributed by atoms with Crippen molar-refractivity contribution < 1.29 is 38.8 Å². The van der Waals surface area contributed by atoms with E-state index >= 15 is 0 Å². The maximum absolute atomic E-state index is 12.4. The van der Waals surface area contributed by atoms with Crippen LogP contribution < -0.4 is 0 Å². The van der Waals surface area contributed by atoms with Crippen LogP contribution >= 0.6 is 0 Å². The van der Waals surface area contributed by atoms with Gasteiger partial charge in [-0.2, -0.15) is 0 Å². The predicted molar refractivity (Wildman–Crippen MR) is 107 cm³/mol. The lowest BCUT2D eigenvalue weighted by atomic mass is 9.85. The summed E-state index contributed by atoms with van der Waals surface area (Å²) in [5.74, 6) is -2.54. The van der Waals surface area contributed by atoms with Crippen molar-refractivity contribution in [2.75, 3.05) is 13.2 Å². The summed E-state index contributed by atoms with van der Waals surface area (Å²) >= 11 is 0. The van der Waals surface area contributed by atoms with E-state index in [1.165, 1.54) is 6.92 Å². The summed E-state index contributed by atoms with van der Waals surface area (Å²) in [6, 6.07) is 0. The molecule has 1 unspecified atom stereocenters. The molecule has 8 nitrogen and oxygen atoms in total. The summed E-state index contributed by atoms with van der Waals surface area (Å²) in [6.45, 7) is 9.89. The van der Waals surface area contributed by atoms with Crippen molar-refractivity contribution in [1.82, 2.24) is 0 Å². The molecule has 0 saturated carbocycles. The third-order valence-corrected chi connectivity index (χ3v) is 5.10. The highest BCUT2D eigenvalue weighted by atomic mass is 16.6. The van der Waals surface area contributed by atoms with Crippen LogP contribution in [-0.2, 0) is 28.6 Å². The number of ether oxygens (including phenoxy) is 3. The Morgan fingerprint density at radius 1 is 1.40 bits per heavy atom. The Bertz CT molecular complexity index is 791. The number of aliphatic hydroxyl groups excluding tert-OH is 2. The second-order valence-corrected chi connectivity index (χ2v) is 7.49. The van der Waals surface area contributed by atoms with Gasteiger partial charge in [-0.3, -0.25) is 4.79 Å². The second-order valence-electron chi connectivity index (χ2n) is 7.49. The lowest BCUT2D eigenvalue weighted by Gasteiger charge is -2.28. The van der Waals surface area contributed by atoms with E-state index in [1.807, 2.05) is 13.0 Å². The summed E-state index contributed by atoms with van der Waals surface area (Å²) in [7, 11) is 0. The molecule has 0 aromatic carbocycles. The molecule has 0 aromatic rings. The average Bonchev–Trinajstić information content (AvgIpc) is 2.97. The van der Waals surface area contributed by atoms with Gasteiger partial charge in [-0.05, 0) is 31.4 Å². The van der Waals surface area contributed by atoms with Gasteiger partial charge in [0.25, 0.3) is 0 Å². The number of hydrogen-bond acceptors (Lipinski definition) is 8. The molecule has 0 radical (unpaired) electrons. The van der Waals surface area contributed by atoms with E-state index in [2.05, 4.69) is 13.2 Å². The third kappa shape index (κ3) is 5.90. The molecule has 1 heterocycles. The fourth-order valence-corrected chi connectivity index (χ4v) is 3.42. The highest BCUT2D eigenvalue weighted by Gasteiger charge is 2.44. The van der Waals surface area contributed by atoms with Crippen molar-refractivity contribution in [3.05, 3.63) is 47.6 Å². The van der Waals surface area contributed by atoms with Crippen LogP contribution in [0, 0.1) is 5.92 Å². The van der Waals surface area contributed by atoms with Crippen LogP contribution in [0.2, 0.25) is 0 Å². The minimum absolute atomic E-state index is 0.0689. The van der Waals surface area contributed by atoms with Gasteiger partial charge < -0.3 is 24.4 Å². The molecule has 2 rings (SSSR count). The topological polar surface area (TPSA) is 119 Å². The molecule has 164 valence electrons. The maximum Gasteiger partial charge on any atom is 0.336 e. The van der Waals surface area contributed by atoms with E-state index in [9.17, 15) is 19.5 Å². The molecule has 0 amide bonds. The minimum atomic E-state index is -1.44. The van der Waals surface area contributed by atoms with E-state index in [0.717, 1.165) is 11.1 Å². The van der Waals surface area contributed by atoms with Gasteiger partial charge in [-0.25, -0.2) is 9.59 Å². The van der Waals surface area contributed by atoms with Gasteiger partial charge in [-0.15, -0.1) is 0 Å². The lowest BCUT2D eigenvalue weighted by Crippen LogP contribution is -2.35. The Morgan fingerprint density at radius 2 is 2.10 bits per heavy atom. The molecule has 1 aliphatic heterocycles. The van der Waals surface area contributed by atoms with E-state index in [-0.39, 0.29) is 17.8 Å². The number of carbonyl (C=O) groups excluding carboxylic acids is 3. The summed E-state index contributed by atoms with van der Waals surface area (Å²) in [5.41, 5.74) is 1.59. The Labute approximate surface area is 175 Å². The number of allylic oxidation sites excluding steroid dienone is 1. The van der Waals surface area contributed by atoms with Crippen LogP contribution in [-0.4, -0.2) is 59.6 Å². The SMILES string of the molecule is C=C(C(=O)O[C@H]1C/C(C)=C/CC/C(COC(C)=O)=C/[C@H]2OC(=O)C(=C)[C@@H]12)C(O)CO. The number of esters is 3. The zero-order valence-corrected chi connectivity index (χ0v) is 17.3. The number of carbonyl (C=O) groups is 3. The highest BCUT2D eigenvalue weighted by molar-refractivity contribution is 5.92. The molecule has 1 saturated heterocycles. The molecular formula is C22H28O8. The van der Waals surface area contributed by atoms with Crippen molar-refractivity contribution in [3.63, 3.8) is 0 Å². The van der Waals surface area contributed by atoms with Crippen LogP contribution in [0.4, 0.5) is 0 Å². The highest BCUT2D eigenvalue weighted by Crippen LogP contribution is 2.36. The third-order valence-electron chi connectivity index (χ3n) is 5.10. The second kappa shape index (κ2) is 10.4. The van der Waals surface area contributed by atoms with E-state index < -0.39 is 48.7 Å². The first-order valence-corrected chi connectivity index (χ1v) is 9.71. The summed E-state index contributed by atoms with van der Waals surface area (Å²) < 4.78 is 16.1. The first kappa shape index (κ1) is 23.6. The fourth-order valence-electron chi connectivity index (χ4n) is 3.42. The van der Waals surface area contributed by atoms with Crippen molar-refractivity contribution in [3.8, 4) is 0 Å². The van der Waals surface area contributed by atoms with Gasteiger partial charge in [-0.1, -0.05) is 24.8 Å². The molecule has 2 N–H and O–H groups in total. The molecule has 2 aliphatic rings. The molecule has 1 aliphatic carbocycles. The molecule has 4 atom stereocenters. The molecule has 1 fully saturated rings. The van der Waals surface area contributed by atoms with Gasteiger partial charge in [0.2, 0.25) is 0 Å². The van der Waals surface area contributed by atoms with E-state index in [1.54, 1.807) is 6.08 Å². The standard InChI is InChI=1S/C22H28O8/c1-12-6-5-7-16(11-28-15(4)24)9-19-20(14(3)22(27)30-19)18(8-12)29-21(26)13(2)17(25)10-23/h6,9,17-20,23,25H,2-3,5,7-8,10-11H2,1,4H3/b12-6+,16-9-/t17?,18-,19+,20-/m0/s1. The maximum atomic E-state index is 12.4. The Balaban J connectivity index is 2.36. The molecule has 8 heteroatoms. The van der Waals surface area contributed by atoms with Crippen molar-refractivity contribution in [2.24, 2.45) is 5.92 Å². The zero-order chi connectivity index (χ0) is 22.4. The normalized spacial score (nSPS) is 28.7. The Morgan fingerprint density at radius 3 is 2.73 bits per heavy atom. The zero-order valence-electron chi connectivity index (χ0n) is 17.3. The van der Waals surface area contributed by atoms with Gasteiger partial charge >= 0.3 is 17.9 Å². The van der Waals surface area contributed by atoms with Gasteiger partial charge in [0.1, 0.15) is 24.9 Å². The molecular weight excluding hydrogens is 392 g/mol. The smallest absolute Gasteiger partial charge is 0.336 e. The number of rotatable bonds is 6. The first-order valence-electron chi connectivity index (χ1n) is 9.71. The van der Waals surface area contributed by atoms with Gasteiger partial charge in [0.05, 0.1) is 18.1 Å². The minimum Gasteiger partial charge on any atom is -0.461 e. The summed E-state index contributed by atoms with van der Waals surface area (Å²) in [6.07, 6.45) is 2.34. The quantitative estimate of drug-likeness (QED) is 0.287. The van der Waals surface area contributed by atoms with Gasteiger partial charge in [0, 0.05) is 18.9 Å². The molecule has 0 aromatic heterocycles. The number of aliphatic hydroxyl groups is 2. The molecule has 0 bridgehead atoms. The summed E-state index contributed by atoms with van der Waals surface area (Å²) in [5, 5.41) is 18.7. The molecule has 0 spiro atoms. The van der Waals surface area contributed by atoms with Crippen molar-refractivity contribution in [1.29, 1.82) is 0 Å². The van der Waals surface area contributed by atoms with Gasteiger partial charge in [0.15, 0.2) is 0 Å². The van der Waals surface area contributed by atoms with E-state index in [0.29, 0.717) is 19.3 Å². The van der Waals surface area contributed by atoms with Crippen molar-refractivity contribution >= 4 is 17.9 Å². The average molecular weight is 420 g/mol. The first-order chi connectivity index (χ1) is 14.1. The largest absolute Gasteiger partial charge is 0.461 e. The van der Waals surface area contributed by atoms with Crippen LogP contribution in [0.25, 0.3) is 0 Å². The molecule has 30 heavy (non-hydrogen) atoms. The van der Waals surface area contributed by atoms with Crippen LogP contribution in [0.15, 0.2) is 47.6 Å². The Hall–Kier alpha value is -2.71. The number of hydrogen-bond donors (Lipinski definition) is 2. The predicted octanol–water partition coefficient (Wildman–Crippen LogP) is 1.53. The van der Waals surface area contributed by atoms with Crippen LogP contribution in [0.1, 0.15) is 33.1 Å². The fraction of sp³-hybridized carbons (Fsp3) is 0.500. The summed E-state index contributed by atoms with van der Waals surface area (Å²) in [4.78, 5) is 35.9. The Kier molecular flexibility index (Phi) is 8.14. The monoisotopic (exact) mass is 420 g/mol. The number of fused-ring (bicyclic) bond motifs is 1. The van der Waals surface area contributed by atoms with E-state index in [4.69, 9.17) is 19.3 Å².